The van der Waals surface area contributed by atoms with Gasteiger partial charge in [0.2, 0.25) is 0 Å². The van der Waals surface area contributed by atoms with Crippen molar-refractivity contribution < 1.29 is 0 Å². The molecule has 106 valence electrons. The van der Waals surface area contributed by atoms with E-state index in [0.717, 1.165) is 18.1 Å². The smallest absolute Gasteiger partial charge is 0.0642 e. The molecule has 2 nitrogen and oxygen atoms in total. The minimum absolute atomic E-state index is 0.125. The van der Waals surface area contributed by atoms with E-state index < -0.39 is 0 Å². The number of anilines is 1. The van der Waals surface area contributed by atoms with Crippen molar-refractivity contribution in [2.24, 2.45) is 5.92 Å². The standard InChI is InChI=1S/C16H25ClN2/c1-11(2)15-9-18-16(4,5)10-19(15)14-7-6-12(3)8-13(14)17/h6-8,11,15,18H,9-10H2,1-5H3. The summed E-state index contributed by atoms with van der Waals surface area (Å²) in [6.07, 6.45) is 0. The van der Waals surface area contributed by atoms with E-state index in [9.17, 15) is 0 Å². The zero-order chi connectivity index (χ0) is 14.2. The normalized spacial score (nSPS) is 22.9. The Kier molecular flexibility index (Phi) is 4.12. The molecule has 1 atom stereocenters. The maximum Gasteiger partial charge on any atom is 0.0642 e. The number of piperazine rings is 1. The van der Waals surface area contributed by atoms with Crippen molar-refractivity contribution in [3.8, 4) is 0 Å². The molecule has 19 heavy (non-hydrogen) atoms. The van der Waals surface area contributed by atoms with Crippen molar-refractivity contribution in [3.05, 3.63) is 28.8 Å². The van der Waals surface area contributed by atoms with Crippen molar-refractivity contribution in [1.29, 1.82) is 0 Å². The SMILES string of the molecule is Cc1ccc(N2CC(C)(C)NCC2C(C)C)c(Cl)c1. The Hall–Kier alpha value is -0.730. The van der Waals surface area contributed by atoms with E-state index in [-0.39, 0.29) is 5.54 Å². The molecule has 1 saturated heterocycles. The van der Waals surface area contributed by atoms with Crippen LogP contribution in [0.2, 0.25) is 5.02 Å². The summed E-state index contributed by atoms with van der Waals surface area (Å²) in [5.41, 5.74) is 2.50. The zero-order valence-corrected chi connectivity index (χ0v) is 13.4. The molecule has 0 aromatic heterocycles. The number of nitrogens with zero attached hydrogens (tertiary/aromatic N) is 1. The van der Waals surface area contributed by atoms with Gasteiger partial charge in [0.15, 0.2) is 0 Å². The van der Waals surface area contributed by atoms with Gasteiger partial charge in [0.1, 0.15) is 0 Å². The first kappa shape index (κ1) is 14.7. The second-order valence-corrected chi connectivity index (χ2v) is 7.07. The van der Waals surface area contributed by atoms with Gasteiger partial charge in [-0.15, -0.1) is 0 Å². The second kappa shape index (κ2) is 5.34. The van der Waals surface area contributed by atoms with Gasteiger partial charge in [0.25, 0.3) is 0 Å². The summed E-state index contributed by atoms with van der Waals surface area (Å²) >= 11 is 6.46. The predicted octanol–water partition coefficient (Wildman–Crippen LogP) is 3.86. The van der Waals surface area contributed by atoms with E-state index in [4.69, 9.17) is 11.6 Å². The van der Waals surface area contributed by atoms with Crippen LogP contribution >= 0.6 is 11.6 Å². The van der Waals surface area contributed by atoms with Crippen molar-refractivity contribution in [2.75, 3.05) is 18.0 Å². The Morgan fingerprint density at radius 2 is 2.05 bits per heavy atom. The van der Waals surface area contributed by atoms with Crippen molar-refractivity contribution in [1.82, 2.24) is 5.32 Å². The summed E-state index contributed by atoms with van der Waals surface area (Å²) in [6, 6.07) is 6.86. The minimum Gasteiger partial charge on any atom is -0.364 e. The van der Waals surface area contributed by atoms with Crippen LogP contribution < -0.4 is 10.2 Å². The molecule has 0 radical (unpaired) electrons. The van der Waals surface area contributed by atoms with E-state index in [1.807, 2.05) is 0 Å². The molecule has 1 fully saturated rings. The van der Waals surface area contributed by atoms with Crippen LogP contribution in [0, 0.1) is 12.8 Å². The van der Waals surface area contributed by atoms with Gasteiger partial charge in [-0.1, -0.05) is 31.5 Å². The highest BCUT2D eigenvalue weighted by atomic mass is 35.5. The number of hydrogen-bond donors (Lipinski definition) is 1. The average Bonchev–Trinajstić information content (AvgIpc) is 2.27. The molecular weight excluding hydrogens is 256 g/mol. The Morgan fingerprint density at radius 1 is 1.37 bits per heavy atom. The molecule has 2 rings (SSSR count). The van der Waals surface area contributed by atoms with E-state index in [1.54, 1.807) is 0 Å². The number of aryl methyl sites for hydroxylation is 1. The first-order valence-electron chi connectivity index (χ1n) is 7.08. The molecule has 3 heteroatoms. The van der Waals surface area contributed by atoms with Crippen molar-refractivity contribution in [2.45, 2.75) is 46.2 Å². The van der Waals surface area contributed by atoms with Crippen LogP contribution in [0.5, 0.6) is 0 Å². The summed E-state index contributed by atoms with van der Waals surface area (Å²) in [4.78, 5) is 2.48. The van der Waals surface area contributed by atoms with Crippen LogP contribution in [0.1, 0.15) is 33.3 Å². The monoisotopic (exact) mass is 280 g/mol. The number of benzene rings is 1. The lowest BCUT2D eigenvalue weighted by Gasteiger charge is -2.47. The third-order valence-electron chi connectivity index (χ3n) is 3.94. The molecule has 1 aliphatic heterocycles. The Morgan fingerprint density at radius 3 is 2.63 bits per heavy atom. The highest BCUT2D eigenvalue weighted by Gasteiger charge is 2.34. The molecule has 1 heterocycles. The van der Waals surface area contributed by atoms with Gasteiger partial charge in [-0.3, -0.25) is 0 Å². The maximum absolute atomic E-state index is 6.46. The van der Waals surface area contributed by atoms with Gasteiger partial charge in [0, 0.05) is 24.7 Å². The van der Waals surface area contributed by atoms with Gasteiger partial charge >= 0.3 is 0 Å². The highest BCUT2D eigenvalue weighted by molar-refractivity contribution is 6.33. The van der Waals surface area contributed by atoms with Crippen molar-refractivity contribution in [3.63, 3.8) is 0 Å². The molecule has 0 aliphatic carbocycles. The van der Waals surface area contributed by atoms with Gasteiger partial charge in [0.05, 0.1) is 10.7 Å². The first-order chi connectivity index (χ1) is 8.80. The number of hydrogen-bond acceptors (Lipinski definition) is 2. The molecule has 1 aromatic rings. The maximum atomic E-state index is 6.46. The summed E-state index contributed by atoms with van der Waals surface area (Å²) in [5.74, 6) is 0.598. The Labute approximate surface area is 122 Å². The molecule has 0 spiro atoms. The van der Waals surface area contributed by atoms with Crippen LogP contribution in [-0.2, 0) is 0 Å². The van der Waals surface area contributed by atoms with Crippen LogP contribution in [-0.4, -0.2) is 24.7 Å². The van der Waals surface area contributed by atoms with Gasteiger partial charge < -0.3 is 10.2 Å². The zero-order valence-electron chi connectivity index (χ0n) is 12.6. The lowest BCUT2D eigenvalue weighted by molar-refractivity contribution is 0.277. The summed E-state index contributed by atoms with van der Waals surface area (Å²) < 4.78 is 0. The third kappa shape index (κ3) is 3.24. The van der Waals surface area contributed by atoms with E-state index in [0.29, 0.717) is 12.0 Å². The number of halogens is 1. The molecule has 1 aromatic carbocycles. The largest absolute Gasteiger partial charge is 0.364 e. The van der Waals surface area contributed by atoms with Crippen LogP contribution in [0.3, 0.4) is 0 Å². The summed E-state index contributed by atoms with van der Waals surface area (Å²) in [5, 5.41) is 4.50. The van der Waals surface area contributed by atoms with E-state index in [2.05, 4.69) is 63.0 Å². The lowest BCUT2D eigenvalue weighted by Crippen LogP contribution is -2.63. The fourth-order valence-corrected chi connectivity index (χ4v) is 3.14. The second-order valence-electron chi connectivity index (χ2n) is 6.66. The number of nitrogens with one attached hydrogen (secondary N) is 1. The quantitative estimate of drug-likeness (QED) is 0.885. The predicted molar refractivity (Wildman–Crippen MR) is 84.2 cm³/mol. The highest BCUT2D eigenvalue weighted by Crippen LogP contribution is 2.32. The minimum atomic E-state index is 0.125. The van der Waals surface area contributed by atoms with E-state index in [1.165, 1.54) is 11.3 Å². The average molecular weight is 281 g/mol. The van der Waals surface area contributed by atoms with E-state index >= 15 is 0 Å². The van der Waals surface area contributed by atoms with Crippen LogP contribution in [0.15, 0.2) is 18.2 Å². The Balaban J connectivity index is 2.36. The summed E-state index contributed by atoms with van der Waals surface area (Å²) in [7, 11) is 0. The van der Waals surface area contributed by atoms with Crippen LogP contribution in [0.25, 0.3) is 0 Å². The van der Waals surface area contributed by atoms with Gasteiger partial charge in [-0.2, -0.15) is 0 Å². The van der Waals surface area contributed by atoms with Gasteiger partial charge in [-0.05, 0) is 44.4 Å². The molecular formula is C16H25ClN2. The first-order valence-corrected chi connectivity index (χ1v) is 7.46. The summed E-state index contributed by atoms with van der Waals surface area (Å²) in [6.45, 7) is 13.1. The molecule has 0 bridgehead atoms. The fourth-order valence-electron chi connectivity index (χ4n) is 2.79. The van der Waals surface area contributed by atoms with Gasteiger partial charge in [-0.25, -0.2) is 0 Å². The fraction of sp³-hybridized carbons (Fsp3) is 0.625. The molecule has 1 unspecified atom stereocenters. The third-order valence-corrected chi connectivity index (χ3v) is 4.24. The topological polar surface area (TPSA) is 15.3 Å². The lowest BCUT2D eigenvalue weighted by atomic mass is 9.92. The molecule has 1 N–H and O–H groups in total. The van der Waals surface area contributed by atoms with Crippen LogP contribution in [0.4, 0.5) is 5.69 Å². The Bertz CT molecular complexity index is 454. The van der Waals surface area contributed by atoms with Crippen molar-refractivity contribution >= 4 is 17.3 Å². The number of rotatable bonds is 2. The molecule has 0 amide bonds. The molecule has 0 saturated carbocycles. The molecule has 1 aliphatic rings.